The third-order valence-electron chi connectivity index (χ3n) is 2.53. The van der Waals surface area contributed by atoms with Crippen LogP contribution in [0.2, 0.25) is 0 Å². The number of rotatable bonds is 3. The van der Waals surface area contributed by atoms with Crippen molar-refractivity contribution in [1.82, 2.24) is 19.7 Å². The lowest BCUT2D eigenvalue weighted by Gasteiger charge is -2.05. The van der Waals surface area contributed by atoms with Gasteiger partial charge in [-0.15, -0.1) is 10.2 Å². The Morgan fingerprint density at radius 3 is 2.59 bits per heavy atom. The van der Waals surface area contributed by atoms with Gasteiger partial charge in [-0.1, -0.05) is 6.07 Å². The van der Waals surface area contributed by atoms with E-state index in [9.17, 15) is 0 Å². The minimum atomic E-state index is 0.0126. The fraction of sp³-hybridized carbons (Fsp3) is 0.364. The van der Waals surface area contributed by atoms with E-state index < -0.39 is 0 Å². The Hall–Kier alpha value is -1.40. The molecule has 1 unspecified atom stereocenters. The quantitative estimate of drug-likeness (QED) is 0.896. The van der Waals surface area contributed by atoms with Gasteiger partial charge in [0.1, 0.15) is 10.9 Å². The summed E-state index contributed by atoms with van der Waals surface area (Å²) < 4.78 is 1.94. The molecule has 1 atom stereocenters. The fourth-order valence-corrected chi connectivity index (χ4v) is 2.07. The first kappa shape index (κ1) is 12.1. The fourth-order valence-electron chi connectivity index (χ4n) is 1.29. The molecule has 17 heavy (non-hydrogen) atoms. The van der Waals surface area contributed by atoms with Gasteiger partial charge in [0.05, 0.1) is 0 Å². The summed E-state index contributed by atoms with van der Waals surface area (Å²) in [6, 6.07) is 3.95. The van der Waals surface area contributed by atoms with Crippen LogP contribution in [0.15, 0.2) is 28.5 Å². The van der Waals surface area contributed by atoms with E-state index in [2.05, 4.69) is 15.2 Å². The summed E-state index contributed by atoms with van der Waals surface area (Å²) in [6.07, 6.45) is 1.80. The zero-order valence-electron chi connectivity index (χ0n) is 10.1. The molecule has 2 rings (SSSR count). The molecule has 0 aliphatic heterocycles. The highest BCUT2D eigenvalue weighted by atomic mass is 32.2. The van der Waals surface area contributed by atoms with Crippen molar-refractivity contribution >= 4 is 11.8 Å². The predicted molar refractivity (Wildman–Crippen MR) is 66.7 cm³/mol. The van der Waals surface area contributed by atoms with Crippen molar-refractivity contribution in [1.29, 1.82) is 0 Å². The minimum absolute atomic E-state index is 0.0126. The number of aryl methyl sites for hydroxylation is 1. The molecular weight excluding hydrogens is 234 g/mol. The number of nitrogens with two attached hydrogens (primary N) is 1. The Bertz CT molecular complexity index is 503. The average molecular weight is 249 g/mol. The zero-order valence-corrected chi connectivity index (χ0v) is 10.9. The van der Waals surface area contributed by atoms with Crippen molar-refractivity contribution in [2.45, 2.75) is 30.1 Å². The second-order valence-corrected chi connectivity index (χ2v) is 4.90. The summed E-state index contributed by atoms with van der Waals surface area (Å²) in [4.78, 5) is 4.35. The molecule has 6 heteroatoms. The van der Waals surface area contributed by atoms with E-state index in [1.54, 1.807) is 6.20 Å². The predicted octanol–water partition coefficient (Wildman–Crippen LogP) is 1.69. The topological polar surface area (TPSA) is 69.6 Å². The van der Waals surface area contributed by atoms with Crippen molar-refractivity contribution in [2.24, 2.45) is 12.8 Å². The van der Waals surface area contributed by atoms with Crippen LogP contribution in [0.4, 0.5) is 0 Å². The second-order valence-electron chi connectivity index (χ2n) is 3.91. The van der Waals surface area contributed by atoms with Gasteiger partial charge in [-0.25, -0.2) is 4.98 Å². The van der Waals surface area contributed by atoms with Crippen LogP contribution in [-0.4, -0.2) is 19.7 Å². The van der Waals surface area contributed by atoms with Crippen LogP contribution < -0.4 is 5.73 Å². The lowest BCUT2D eigenvalue weighted by atomic mass is 10.2. The Labute approximate surface area is 104 Å². The highest BCUT2D eigenvalue weighted by Crippen LogP contribution is 2.24. The van der Waals surface area contributed by atoms with Crippen LogP contribution in [0.5, 0.6) is 0 Å². The molecule has 90 valence electrons. The smallest absolute Gasteiger partial charge is 0.197 e. The third kappa shape index (κ3) is 2.65. The van der Waals surface area contributed by atoms with E-state index >= 15 is 0 Å². The Morgan fingerprint density at radius 1 is 1.35 bits per heavy atom. The Morgan fingerprint density at radius 2 is 2.12 bits per heavy atom. The molecule has 2 aromatic heterocycles. The third-order valence-corrected chi connectivity index (χ3v) is 3.52. The molecule has 0 saturated carbocycles. The summed E-state index contributed by atoms with van der Waals surface area (Å²) in [7, 11) is 1.94. The first-order valence-electron chi connectivity index (χ1n) is 5.33. The molecule has 0 aliphatic rings. The second kappa shape index (κ2) is 4.85. The summed E-state index contributed by atoms with van der Waals surface area (Å²) in [5.74, 6) is 0.889. The van der Waals surface area contributed by atoms with Gasteiger partial charge in [0, 0.05) is 19.3 Å². The van der Waals surface area contributed by atoms with Gasteiger partial charge in [-0.05, 0) is 37.2 Å². The van der Waals surface area contributed by atoms with Crippen LogP contribution in [0.1, 0.15) is 24.4 Å². The molecule has 0 radical (unpaired) electrons. The summed E-state index contributed by atoms with van der Waals surface area (Å²) in [5, 5.41) is 9.81. The van der Waals surface area contributed by atoms with Crippen LogP contribution >= 0.6 is 11.8 Å². The Kier molecular flexibility index (Phi) is 3.44. The SMILES string of the molecule is Cc1nnc(Sc2ccc(C(C)N)cn2)n1C. The van der Waals surface area contributed by atoms with Crippen LogP contribution in [0.3, 0.4) is 0 Å². The van der Waals surface area contributed by atoms with E-state index in [1.807, 2.05) is 37.6 Å². The van der Waals surface area contributed by atoms with Crippen molar-refractivity contribution < 1.29 is 0 Å². The molecule has 0 bridgehead atoms. The van der Waals surface area contributed by atoms with Gasteiger partial charge in [-0.2, -0.15) is 0 Å². The normalized spacial score (nSPS) is 12.7. The Balaban J connectivity index is 2.17. The molecule has 0 aromatic carbocycles. The van der Waals surface area contributed by atoms with Crippen LogP contribution in [-0.2, 0) is 7.05 Å². The molecule has 5 nitrogen and oxygen atoms in total. The minimum Gasteiger partial charge on any atom is -0.324 e. The molecule has 0 aliphatic carbocycles. The van der Waals surface area contributed by atoms with Crippen molar-refractivity contribution in [3.8, 4) is 0 Å². The molecular formula is C11H15N5S. The van der Waals surface area contributed by atoms with E-state index in [0.717, 1.165) is 21.6 Å². The van der Waals surface area contributed by atoms with Crippen LogP contribution in [0.25, 0.3) is 0 Å². The van der Waals surface area contributed by atoms with Gasteiger partial charge in [0.2, 0.25) is 0 Å². The van der Waals surface area contributed by atoms with Gasteiger partial charge < -0.3 is 10.3 Å². The molecule has 0 fully saturated rings. The molecule has 0 amide bonds. The van der Waals surface area contributed by atoms with Gasteiger partial charge >= 0.3 is 0 Å². The zero-order chi connectivity index (χ0) is 12.4. The molecule has 0 spiro atoms. The number of hydrogen-bond acceptors (Lipinski definition) is 5. The maximum atomic E-state index is 5.77. The maximum Gasteiger partial charge on any atom is 0.197 e. The van der Waals surface area contributed by atoms with E-state index in [-0.39, 0.29) is 6.04 Å². The molecule has 2 heterocycles. The number of hydrogen-bond donors (Lipinski definition) is 1. The van der Waals surface area contributed by atoms with Gasteiger partial charge in [0.25, 0.3) is 0 Å². The van der Waals surface area contributed by atoms with E-state index in [1.165, 1.54) is 11.8 Å². The number of pyridine rings is 1. The highest BCUT2D eigenvalue weighted by Gasteiger charge is 2.08. The summed E-state index contributed by atoms with van der Waals surface area (Å²) in [5.41, 5.74) is 6.80. The van der Waals surface area contributed by atoms with E-state index in [4.69, 9.17) is 5.73 Å². The highest BCUT2D eigenvalue weighted by molar-refractivity contribution is 7.99. The van der Waals surface area contributed by atoms with E-state index in [0.29, 0.717) is 0 Å². The maximum absolute atomic E-state index is 5.77. The number of nitrogens with zero attached hydrogens (tertiary/aromatic N) is 4. The first-order chi connectivity index (χ1) is 8.08. The monoisotopic (exact) mass is 249 g/mol. The number of aromatic nitrogens is 4. The van der Waals surface area contributed by atoms with Crippen molar-refractivity contribution in [2.75, 3.05) is 0 Å². The van der Waals surface area contributed by atoms with Gasteiger partial charge in [-0.3, -0.25) is 0 Å². The molecule has 2 aromatic rings. The van der Waals surface area contributed by atoms with Gasteiger partial charge in [0.15, 0.2) is 5.16 Å². The molecule has 2 N–H and O–H groups in total. The lowest BCUT2D eigenvalue weighted by molar-refractivity contribution is 0.763. The lowest BCUT2D eigenvalue weighted by Crippen LogP contribution is -2.05. The summed E-state index contributed by atoms with van der Waals surface area (Å²) in [6.45, 7) is 3.86. The largest absolute Gasteiger partial charge is 0.324 e. The van der Waals surface area contributed by atoms with Crippen LogP contribution in [0, 0.1) is 6.92 Å². The van der Waals surface area contributed by atoms with Crippen molar-refractivity contribution in [3.05, 3.63) is 29.7 Å². The van der Waals surface area contributed by atoms with Crippen molar-refractivity contribution in [3.63, 3.8) is 0 Å². The first-order valence-corrected chi connectivity index (χ1v) is 6.15. The average Bonchev–Trinajstić information content (AvgIpc) is 2.62. The summed E-state index contributed by atoms with van der Waals surface area (Å²) >= 11 is 1.49. The molecule has 0 saturated heterocycles. The standard InChI is InChI=1S/C11H15N5S/c1-7(12)9-4-5-10(13-6-9)17-11-15-14-8(2)16(11)3/h4-7H,12H2,1-3H3.